The van der Waals surface area contributed by atoms with Gasteiger partial charge in [0.15, 0.2) is 0 Å². The summed E-state index contributed by atoms with van der Waals surface area (Å²) in [6.07, 6.45) is 1.79. The molecule has 0 radical (unpaired) electrons. The maximum Gasteiger partial charge on any atom is 0.262 e. The number of halogens is 1. The zero-order valence-electron chi connectivity index (χ0n) is 18.1. The Balaban J connectivity index is 1.65. The summed E-state index contributed by atoms with van der Waals surface area (Å²) in [5.74, 6) is -0.428. The minimum Gasteiger partial charge on any atom is -0.315 e. The lowest BCUT2D eigenvalue weighted by Gasteiger charge is -2.48. The van der Waals surface area contributed by atoms with E-state index in [1.807, 2.05) is 36.4 Å². The van der Waals surface area contributed by atoms with E-state index >= 15 is 0 Å². The highest BCUT2D eigenvalue weighted by molar-refractivity contribution is 6.15. The molecular formula is C29H21FN2O. The molecule has 4 aromatic rings. The molecule has 0 N–H and O–H groups in total. The summed E-state index contributed by atoms with van der Waals surface area (Å²) in [4.78, 5) is 17.8. The normalized spacial score (nSPS) is 16.6. The van der Waals surface area contributed by atoms with E-state index < -0.39 is 6.17 Å². The van der Waals surface area contributed by atoms with Crippen LogP contribution in [0.5, 0.6) is 0 Å². The molecule has 0 saturated heterocycles. The summed E-state index contributed by atoms with van der Waals surface area (Å²) >= 11 is 0. The molecule has 4 aromatic carbocycles. The molecule has 0 fully saturated rings. The van der Waals surface area contributed by atoms with Crippen LogP contribution in [0.25, 0.3) is 11.8 Å². The van der Waals surface area contributed by atoms with Crippen LogP contribution in [0.4, 0.5) is 15.8 Å². The first-order chi connectivity index (χ1) is 16.1. The van der Waals surface area contributed by atoms with Gasteiger partial charge in [0.05, 0.1) is 16.9 Å². The Kier molecular flexibility index (Phi) is 4.40. The second-order valence-corrected chi connectivity index (χ2v) is 8.44. The van der Waals surface area contributed by atoms with Gasteiger partial charge in [-0.25, -0.2) is 4.39 Å². The zero-order chi connectivity index (χ0) is 22.5. The van der Waals surface area contributed by atoms with Crippen LogP contribution >= 0.6 is 0 Å². The van der Waals surface area contributed by atoms with Gasteiger partial charge in [0.1, 0.15) is 12.0 Å². The van der Waals surface area contributed by atoms with Gasteiger partial charge in [-0.15, -0.1) is 0 Å². The van der Waals surface area contributed by atoms with Crippen molar-refractivity contribution in [1.29, 1.82) is 0 Å². The van der Waals surface area contributed by atoms with Crippen LogP contribution in [0.15, 0.2) is 97.1 Å². The molecule has 160 valence electrons. The van der Waals surface area contributed by atoms with Gasteiger partial charge in [0.25, 0.3) is 5.91 Å². The molecule has 2 aliphatic heterocycles. The Hall–Kier alpha value is -4.18. The van der Waals surface area contributed by atoms with Crippen molar-refractivity contribution in [2.45, 2.75) is 13.1 Å². The number of carbonyl (C=O) groups is 1. The van der Waals surface area contributed by atoms with Crippen molar-refractivity contribution in [1.82, 2.24) is 0 Å². The van der Waals surface area contributed by atoms with Gasteiger partial charge in [0, 0.05) is 11.3 Å². The number of hydrogen-bond acceptors (Lipinski definition) is 2. The monoisotopic (exact) mass is 432 g/mol. The predicted octanol–water partition coefficient (Wildman–Crippen LogP) is 6.81. The number of hydrogen-bond donors (Lipinski definition) is 0. The minimum atomic E-state index is -0.393. The average molecular weight is 432 g/mol. The standard InChI is InChI=1S/C29H21FN2O/c1-19-10-12-20(13-11-19)27-18-21-6-2-3-7-24(21)28-31(23-16-14-22(30)15-17-23)29(33)25-8-4-5-9-26(25)32(27)28/h2-18,28H,1H3. The number of para-hydroxylation sites is 1. The molecule has 1 amide bonds. The quantitative estimate of drug-likeness (QED) is 0.347. The van der Waals surface area contributed by atoms with Crippen molar-refractivity contribution in [3.8, 4) is 0 Å². The summed E-state index contributed by atoms with van der Waals surface area (Å²) in [6, 6.07) is 30.4. The molecule has 2 heterocycles. The number of benzene rings is 4. The molecule has 33 heavy (non-hydrogen) atoms. The fourth-order valence-electron chi connectivity index (χ4n) is 4.79. The third-order valence-electron chi connectivity index (χ3n) is 6.38. The lowest BCUT2D eigenvalue weighted by atomic mass is 9.90. The van der Waals surface area contributed by atoms with Gasteiger partial charge in [0.2, 0.25) is 0 Å². The van der Waals surface area contributed by atoms with Gasteiger partial charge >= 0.3 is 0 Å². The van der Waals surface area contributed by atoms with E-state index in [9.17, 15) is 9.18 Å². The van der Waals surface area contributed by atoms with E-state index in [0.29, 0.717) is 11.3 Å². The zero-order valence-corrected chi connectivity index (χ0v) is 18.1. The Labute approximate surface area is 192 Å². The van der Waals surface area contributed by atoms with Crippen LogP contribution in [-0.4, -0.2) is 5.91 Å². The fourth-order valence-corrected chi connectivity index (χ4v) is 4.79. The van der Waals surface area contributed by atoms with E-state index in [-0.39, 0.29) is 11.7 Å². The molecule has 0 aliphatic carbocycles. The molecule has 0 spiro atoms. The first-order valence-corrected chi connectivity index (χ1v) is 11.0. The van der Waals surface area contributed by atoms with Crippen LogP contribution in [-0.2, 0) is 0 Å². The summed E-state index contributed by atoms with van der Waals surface area (Å²) in [7, 11) is 0. The lowest BCUT2D eigenvalue weighted by molar-refractivity contribution is 0.0971. The number of amides is 1. The molecule has 3 nitrogen and oxygen atoms in total. The van der Waals surface area contributed by atoms with Crippen molar-refractivity contribution >= 4 is 29.1 Å². The molecule has 6 rings (SSSR count). The summed E-state index contributed by atoms with van der Waals surface area (Å²) in [5, 5.41) is 0. The second kappa shape index (κ2) is 7.45. The van der Waals surface area contributed by atoms with Crippen molar-refractivity contribution in [2.24, 2.45) is 0 Å². The van der Waals surface area contributed by atoms with Crippen molar-refractivity contribution < 1.29 is 9.18 Å². The molecular weight excluding hydrogens is 411 g/mol. The van der Waals surface area contributed by atoms with Crippen LogP contribution < -0.4 is 9.80 Å². The minimum absolute atomic E-state index is 0.0987. The summed E-state index contributed by atoms with van der Waals surface area (Å²) in [5.41, 5.74) is 7.52. The SMILES string of the molecule is Cc1ccc(C2=Cc3ccccc3C3N(c4ccc(F)cc4)C(=O)c4ccccc4N23)cc1. The number of fused-ring (bicyclic) bond motifs is 5. The maximum absolute atomic E-state index is 13.8. The number of rotatable bonds is 2. The highest BCUT2D eigenvalue weighted by atomic mass is 19.1. The van der Waals surface area contributed by atoms with Gasteiger partial charge in [-0.2, -0.15) is 0 Å². The van der Waals surface area contributed by atoms with Gasteiger partial charge < -0.3 is 4.90 Å². The number of aryl methyl sites for hydroxylation is 1. The van der Waals surface area contributed by atoms with Crippen molar-refractivity contribution in [3.63, 3.8) is 0 Å². The van der Waals surface area contributed by atoms with Gasteiger partial charge in [-0.3, -0.25) is 9.69 Å². The average Bonchev–Trinajstić information content (AvgIpc) is 2.85. The van der Waals surface area contributed by atoms with E-state index in [4.69, 9.17) is 0 Å². The van der Waals surface area contributed by atoms with E-state index in [2.05, 4.69) is 54.3 Å². The van der Waals surface area contributed by atoms with E-state index in [0.717, 1.165) is 28.1 Å². The summed E-state index contributed by atoms with van der Waals surface area (Å²) < 4.78 is 13.8. The Bertz CT molecular complexity index is 1410. The Morgan fingerprint density at radius 2 is 1.45 bits per heavy atom. The van der Waals surface area contributed by atoms with Crippen molar-refractivity contribution in [2.75, 3.05) is 9.80 Å². The van der Waals surface area contributed by atoms with Gasteiger partial charge in [-0.05, 0) is 60.5 Å². The van der Waals surface area contributed by atoms with Crippen molar-refractivity contribution in [3.05, 3.63) is 131 Å². The summed E-state index contributed by atoms with van der Waals surface area (Å²) in [6.45, 7) is 2.07. The molecule has 1 unspecified atom stereocenters. The topological polar surface area (TPSA) is 23.6 Å². The highest BCUT2D eigenvalue weighted by Crippen LogP contribution is 2.49. The van der Waals surface area contributed by atoms with E-state index in [1.54, 1.807) is 17.0 Å². The fraction of sp³-hybridized carbons (Fsp3) is 0.0690. The molecule has 0 saturated carbocycles. The Morgan fingerprint density at radius 3 is 2.24 bits per heavy atom. The third kappa shape index (κ3) is 3.06. The van der Waals surface area contributed by atoms with Crippen LogP contribution in [0.3, 0.4) is 0 Å². The van der Waals surface area contributed by atoms with Gasteiger partial charge in [-0.1, -0.05) is 66.2 Å². The molecule has 2 aliphatic rings. The smallest absolute Gasteiger partial charge is 0.262 e. The first-order valence-electron chi connectivity index (χ1n) is 11.0. The highest BCUT2D eigenvalue weighted by Gasteiger charge is 2.43. The molecule has 0 bridgehead atoms. The van der Waals surface area contributed by atoms with Crippen LogP contribution in [0.2, 0.25) is 0 Å². The predicted molar refractivity (Wildman–Crippen MR) is 130 cm³/mol. The second-order valence-electron chi connectivity index (χ2n) is 8.44. The lowest BCUT2D eigenvalue weighted by Crippen LogP contribution is -2.50. The molecule has 1 atom stereocenters. The van der Waals surface area contributed by atoms with E-state index in [1.165, 1.54) is 17.7 Å². The van der Waals surface area contributed by atoms with Crippen LogP contribution in [0, 0.1) is 12.7 Å². The first kappa shape index (κ1) is 19.5. The molecule has 4 heteroatoms. The number of nitrogens with zero attached hydrogens (tertiary/aromatic N) is 2. The largest absolute Gasteiger partial charge is 0.315 e. The Morgan fingerprint density at radius 1 is 0.758 bits per heavy atom. The third-order valence-corrected chi connectivity index (χ3v) is 6.38. The number of anilines is 2. The van der Waals surface area contributed by atoms with Crippen LogP contribution in [0.1, 0.15) is 38.8 Å². The molecule has 0 aromatic heterocycles. The number of carbonyl (C=O) groups excluding carboxylic acids is 1. The maximum atomic E-state index is 13.8.